The van der Waals surface area contributed by atoms with Crippen molar-refractivity contribution in [3.05, 3.63) is 59.7 Å². The molecule has 0 saturated heterocycles. The van der Waals surface area contributed by atoms with E-state index < -0.39 is 0 Å². The molecule has 0 radical (unpaired) electrons. The van der Waals surface area contributed by atoms with Crippen LogP contribution in [0.1, 0.15) is 29.9 Å². The van der Waals surface area contributed by atoms with Gasteiger partial charge in [0.2, 0.25) is 0 Å². The SMILES string of the molecule is CN(CC1CCCc2ccccc21)c1ccccc1N. The number of hydrogen-bond donors (Lipinski definition) is 1. The van der Waals surface area contributed by atoms with E-state index in [1.807, 2.05) is 12.1 Å². The minimum Gasteiger partial charge on any atom is -0.397 e. The van der Waals surface area contributed by atoms with Crippen molar-refractivity contribution in [3.8, 4) is 0 Å². The molecule has 0 heterocycles. The van der Waals surface area contributed by atoms with Crippen molar-refractivity contribution in [1.29, 1.82) is 0 Å². The molecule has 1 aliphatic rings. The Morgan fingerprint density at radius 1 is 1.10 bits per heavy atom. The Kier molecular flexibility index (Phi) is 3.64. The lowest BCUT2D eigenvalue weighted by atomic mass is 9.82. The highest BCUT2D eigenvalue weighted by Gasteiger charge is 2.21. The molecule has 1 aliphatic carbocycles. The summed E-state index contributed by atoms with van der Waals surface area (Å²) >= 11 is 0. The van der Waals surface area contributed by atoms with Crippen molar-refractivity contribution in [2.24, 2.45) is 0 Å². The molecule has 0 fully saturated rings. The van der Waals surface area contributed by atoms with Crippen LogP contribution in [0, 0.1) is 0 Å². The van der Waals surface area contributed by atoms with Gasteiger partial charge in [-0.2, -0.15) is 0 Å². The van der Waals surface area contributed by atoms with Crippen LogP contribution in [0.3, 0.4) is 0 Å². The van der Waals surface area contributed by atoms with Gasteiger partial charge in [-0.3, -0.25) is 0 Å². The molecule has 2 aromatic rings. The molecule has 2 aromatic carbocycles. The monoisotopic (exact) mass is 266 g/mol. The van der Waals surface area contributed by atoms with Crippen molar-refractivity contribution < 1.29 is 0 Å². The number of para-hydroxylation sites is 2. The second-order valence-corrected chi connectivity index (χ2v) is 5.73. The van der Waals surface area contributed by atoms with Gasteiger partial charge in [-0.15, -0.1) is 0 Å². The molecular weight excluding hydrogens is 244 g/mol. The normalized spacial score (nSPS) is 17.6. The predicted molar refractivity (Wildman–Crippen MR) is 86.2 cm³/mol. The molecule has 104 valence electrons. The fraction of sp³-hybridized carbons (Fsp3) is 0.333. The number of likely N-dealkylation sites (N-methyl/N-ethyl adjacent to an activating group) is 1. The lowest BCUT2D eigenvalue weighted by Crippen LogP contribution is -2.27. The lowest BCUT2D eigenvalue weighted by molar-refractivity contribution is 0.551. The van der Waals surface area contributed by atoms with Crippen LogP contribution in [0.25, 0.3) is 0 Å². The maximum absolute atomic E-state index is 6.08. The van der Waals surface area contributed by atoms with Crippen LogP contribution < -0.4 is 10.6 Å². The van der Waals surface area contributed by atoms with E-state index in [1.54, 1.807) is 0 Å². The summed E-state index contributed by atoms with van der Waals surface area (Å²) in [5, 5.41) is 0. The molecule has 2 heteroatoms. The van der Waals surface area contributed by atoms with E-state index in [2.05, 4.69) is 48.3 Å². The first-order valence-corrected chi connectivity index (χ1v) is 7.39. The van der Waals surface area contributed by atoms with Crippen LogP contribution in [-0.2, 0) is 6.42 Å². The molecule has 2 N–H and O–H groups in total. The molecule has 2 nitrogen and oxygen atoms in total. The molecule has 0 saturated carbocycles. The molecule has 0 amide bonds. The summed E-state index contributed by atoms with van der Waals surface area (Å²) in [6, 6.07) is 17.0. The summed E-state index contributed by atoms with van der Waals surface area (Å²) < 4.78 is 0. The molecule has 20 heavy (non-hydrogen) atoms. The van der Waals surface area contributed by atoms with Gasteiger partial charge in [0, 0.05) is 19.5 Å². The van der Waals surface area contributed by atoms with Crippen LogP contribution in [0.5, 0.6) is 0 Å². The van der Waals surface area contributed by atoms with E-state index in [0.29, 0.717) is 5.92 Å². The lowest BCUT2D eigenvalue weighted by Gasteiger charge is -2.31. The Morgan fingerprint density at radius 2 is 1.85 bits per heavy atom. The number of nitrogen functional groups attached to an aromatic ring is 1. The molecule has 3 rings (SSSR count). The average molecular weight is 266 g/mol. The van der Waals surface area contributed by atoms with Crippen LogP contribution in [0.15, 0.2) is 48.5 Å². The molecule has 1 unspecified atom stereocenters. The molecule has 0 aromatic heterocycles. The van der Waals surface area contributed by atoms with Gasteiger partial charge in [-0.25, -0.2) is 0 Å². The fourth-order valence-corrected chi connectivity index (χ4v) is 3.31. The quantitative estimate of drug-likeness (QED) is 0.856. The van der Waals surface area contributed by atoms with E-state index in [4.69, 9.17) is 5.73 Å². The molecule has 0 spiro atoms. The second-order valence-electron chi connectivity index (χ2n) is 5.73. The number of aryl methyl sites for hydroxylation is 1. The Balaban J connectivity index is 1.81. The Hall–Kier alpha value is -1.96. The van der Waals surface area contributed by atoms with Crippen LogP contribution in [0.4, 0.5) is 11.4 Å². The standard InChI is InChI=1S/C18H22N2/c1-20(18-12-5-4-11-17(18)19)13-15-9-6-8-14-7-2-3-10-16(14)15/h2-5,7,10-12,15H,6,8-9,13,19H2,1H3. The Bertz CT molecular complexity index is 591. The first-order chi connectivity index (χ1) is 9.75. The number of hydrogen-bond acceptors (Lipinski definition) is 2. The van der Waals surface area contributed by atoms with E-state index >= 15 is 0 Å². The summed E-state index contributed by atoms with van der Waals surface area (Å²) in [6.07, 6.45) is 3.79. The minimum atomic E-state index is 0.615. The van der Waals surface area contributed by atoms with Gasteiger partial charge in [-0.1, -0.05) is 36.4 Å². The second kappa shape index (κ2) is 5.58. The first kappa shape index (κ1) is 13.0. The summed E-state index contributed by atoms with van der Waals surface area (Å²) in [6.45, 7) is 1.03. The zero-order chi connectivity index (χ0) is 13.9. The third-order valence-electron chi connectivity index (χ3n) is 4.34. The van der Waals surface area contributed by atoms with Crippen molar-refractivity contribution in [3.63, 3.8) is 0 Å². The van der Waals surface area contributed by atoms with Crippen molar-refractivity contribution >= 4 is 11.4 Å². The Labute approximate surface area is 121 Å². The zero-order valence-corrected chi connectivity index (χ0v) is 12.0. The third-order valence-corrected chi connectivity index (χ3v) is 4.34. The maximum atomic E-state index is 6.08. The smallest absolute Gasteiger partial charge is 0.0597 e. The van der Waals surface area contributed by atoms with Gasteiger partial charge in [0.15, 0.2) is 0 Å². The highest BCUT2D eigenvalue weighted by atomic mass is 15.1. The summed E-state index contributed by atoms with van der Waals surface area (Å²) in [5.41, 5.74) is 11.1. The van der Waals surface area contributed by atoms with Gasteiger partial charge in [-0.05, 0) is 42.5 Å². The van der Waals surface area contributed by atoms with Crippen LogP contribution in [-0.4, -0.2) is 13.6 Å². The first-order valence-electron chi connectivity index (χ1n) is 7.39. The number of nitrogens with two attached hydrogens (primary N) is 1. The fourth-order valence-electron chi connectivity index (χ4n) is 3.31. The van der Waals surface area contributed by atoms with Gasteiger partial charge >= 0.3 is 0 Å². The third kappa shape index (κ3) is 2.51. The Morgan fingerprint density at radius 3 is 2.70 bits per heavy atom. The number of rotatable bonds is 3. The highest BCUT2D eigenvalue weighted by molar-refractivity contribution is 5.67. The zero-order valence-electron chi connectivity index (χ0n) is 12.0. The highest BCUT2D eigenvalue weighted by Crippen LogP contribution is 2.33. The largest absolute Gasteiger partial charge is 0.397 e. The summed E-state index contributed by atoms with van der Waals surface area (Å²) in [5.74, 6) is 0.615. The number of fused-ring (bicyclic) bond motifs is 1. The number of benzene rings is 2. The van der Waals surface area contributed by atoms with E-state index in [1.165, 1.54) is 30.4 Å². The van der Waals surface area contributed by atoms with Crippen molar-refractivity contribution in [2.75, 3.05) is 24.2 Å². The van der Waals surface area contributed by atoms with Crippen molar-refractivity contribution in [1.82, 2.24) is 0 Å². The van der Waals surface area contributed by atoms with Crippen molar-refractivity contribution in [2.45, 2.75) is 25.2 Å². The van der Waals surface area contributed by atoms with E-state index in [0.717, 1.165) is 17.9 Å². The predicted octanol–water partition coefficient (Wildman–Crippen LogP) is 3.83. The maximum Gasteiger partial charge on any atom is 0.0597 e. The topological polar surface area (TPSA) is 29.3 Å². The molecular formula is C18H22N2. The molecule has 1 atom stereocenters. The molecule has 0 aliphatic heterocycles. The van der Waals surface area contributed by atoms with E-state index in [9.17, 15) is 0 Å². The average Bonchev–Trinajstić information content (AvgIpc) is 2.48. The van der Waals surface area contributed by atoms with Gasteiger partial charge in [0.1, 0.15) is 0 Å². The van der Waals surface area contributed by atoms with Gasteiger partial charge < -0.3 is 10.6 Å². The van der Waals surface area contributed by atoms with Crippen LogP contribution in [0.2, 0.25) is 0 Å². The van der Waals surface area contributed by atoms with E-state index in [-0.39, 0.29) is 0 Å². The number of anilines is 2. The van der Waals surface area contributed by atoms with Crippen LogP contribution >= 0.6 is 0 Å². The van der Waals surface area contributed by atoms with Gasteiger partial charge in [0.25, 0.3) is 0 Å². The minimum absolute atomic E-state index is 0.615. The molecule has 0 bridgehead atoms. The summed E-state index contributed by atoms with van der Waals surface area (Å²) in [7, 11) is 2.14. The number of nitrogens with zero attached hydrogens (tertiary/aromatic N) is 1. The van der Waals surface area contributed by atoms with Gasteiger partial charge in [0.05, 0.1) is 11.4 Å². The summed E-state index contributed by atoms with van der Waals surface area (Å²) in [4.78, 5) is 2.29.